The third kappa shape index (κ3) is 4.94. The van der Waals surface area contributed by atoms with E-state index in [9.17, 15) is 4.79 Å². The van der Waals surface area contributed by atoms with E-state index < -0.39 is 0 Å². The molecule has 2 unspecified atom stereocenters. The van der Waals surface area contributed by atoms with Gasteiger partial charge in [-0.05, 0) is 31.7 Å². The predicted molar refractivity (Wildman–Crippen MR) is 64.3 cm³/mol. The maximum Gasteiger partial charge on any atom is 0.220 e. The van der Waals surface area contributed by atoms with Crippen LogP contribution in [0.15, 0.2) is 0 Å². The summed E-state index contributed by atoms with van der Waals surface area (Å²) in [6.45, 7) is 4.93. The van der Waals surface area contributed by atoms with E-state index in [4.69, 9.17) is 4.74 Å². The highest BCUT2D eigenvalue weighted by Crippen LogP contribution is 2.11. The zero-order valence-corrected chi connectivity index (χ0v) is 10.4. The van der Waals surface area contributed by atoms with Gasteiger partial charge in [0, 0.05) is 32.7 Å². The quantitative estimate of drug-likeness (QED) is 0.665. The SMILES string of the molecule is COCCCCC(=O)NC1CNCCC1C. The van der Waals surface area contributed by atoms with E-state index in [0.29, 0.717) is 18.4 Å². The fourth-order valence-corrected chi connectivity index (χ4v) is 1.99. The number of rotatable bonds is 6. The molecule has 1 amide bonds. The van der Waals surface area contributed by atoms with Gasteiger partial charge in [-0.1, -0.05) is 6.92 Å². The second-order valence-electron chi connectivity index (χ2n) is 4.59. The zero-order chi connectivity index (χ0) is 11.8. The van der Waals surface area contributed by atoms with Crippen molar-refractivity contribution in [3.63, 3.8) is 0 Å². The Morgan fingerprint density at radius 3 is 3.00 bits per heavy atom. The molecule has 2 atom stereocenters. The summed E-state index contributed by atoms with van der Waals surface area (Å²) in [5.74, 6) is 0.765. The maximum absolute atomic E-state index is 11.6. The molecule has 1 saturated heterocycles. The minimum Gasteiger partial charge on any atom is -0.385 e. The Kier molecular flexibility index (Phi) is 6.42. The Balaban J connectivity index is 2.12. The highest BCUT2D eigenvalue weighted by molar-refractivity contribution is 5.76. The van der Waals surface area contributed by atoms with Crippen LogP contribution in [-0.4, -0.2) is 38.8 Å². The number of methoxy groups -OCH3 is 1. The topological polar surface area (TPSA) is 50.4 Å². The van der Waals surface area contributed by atoms with Gasteiger partial charge < -0.3 is 15.4 Å². The van der Waals surface area contributed by atoms with Crippen molar-refractivity contribution in [2.45, 2.75) is 38.6 Å². The molecular weight excluding hydrogens is 204 g/mol. The summed E-state index contributed by atoms with van der Waals surface area (Å²) in [7, 11) is 1.69. The number of carbonyl (C=O) groups excluding carboxylic acids is 1. The van der Waals surface area contributed by atoms with Gasteiger partial charge in [-0.25, -0.2) is 0 Å². The number of piperidine rings is 1. The van der Waals surface area contributed by atoms with Crippen molar-refractivity contribution in [2.75, 3.05) is 26.8 Å². The molecule has 1 rings (SSSR count). The Hall–Kier alpha value is -0.610. The van der Waals surface area contributed by atoms with Gasteiger partial charge in [0.25, 0.3) is 0 Å². The van der Waals surface area contributed by atoms with Gasteiger partial charge in [0.1, 0.15) is 0 Å². The van der Waals surface area contributed by atoms with Crippen LogP contribution in [0.2, 0.25) is 0 Å². The van der Waals surface area contributed by atoms with Gasteiger partial charge >= 0.3 is 0 Å². The van der Waals surface area contributed by atoms with E-state index in [1.807, 2.05) is 0 Å². The summed E-state index contributed by atoms with van der Waals surface area (Å²) in [5.41, 5.74) is 0. The molecule has 94 valence electrons. The van der Waals surface area contributed by atoms with E-state index in [1.165, 1.54) is 0 Å². The standard InChI is InChI=1S/C12H24N2O2/c1-10-6-7-13-9-11(10)14-12(15)5-3-4-8-16-2/h10-11,13H,3-9H2,1-2H3,(H,14,15). The molecule has 0 radical (unpaired) electrons. The molecule has 1 aliphatic heterocycles. The minimum absolute atomic E-state index is 0.177. The van der Waals surface area contributed by atoms with Crippen LogP contribution in [0.3, 0.4) is 0 Å². The molecule has 4 nitrogen and oxygen atoms in total. The molecule has 0 aromatic carbocycles. The van der Waals surface area contributed by atoms with Gasteiger partial charge in [0.15, 0.2) is 0 Å². The molecule has 4 heteroatoms. The molecule has 0 bridgehead atoms. The van der Waals surface area contributed by atoms with Gasteiger partial charge in [-0.3, -0.25) is 4.79 Å². The van der Waals surface area contributed by atoms with E-state index in [-0.39, 0.29) is 5.91 Å². The summed E-state index contributed by atoms with van der Waals surface area (Å²) in [4.78, 5) is 11.6. The second kappa shape index (κ2) is 7.63. The average Bonchev–Trinajstić information content (AvgIpc) is 2.28. The Bertz CT molecular complexity index is 209. The zero-order valence-electron chi connectivity index (χ0n) is 10.4. The van der Waals surface area contributed by atoms with E-state index in [1.54, 1.807) is 7.11 Å². The highest BCUT2D eigenvalue weighted by Gasteiger charge is 2.21. The van der Waals surface area contributed by atoms with Gasteiger partial charge in [-0.15, -0.1) is 0 Å². The van der Waals surface area contributed by atoms with Crippen molar-refractivity contribution in [3.8, 4) is 0 Å². The predicted octanol–water partition coefficient (Wildman–Crippen LogP) is 0.917. The lowest BCUT2D eigenvalue weighted by Crippen LogP contribution is -2.50. The largest absolute Gasteiger partial charge is 0.385 e. The Labute approximate surface area is 98.1 Å². The highest BCUT2D eigenvalue weighted by atomic mass is 16.5. The fourth-order valence-electron chi connectivity index (χ4n) is 1.99. The lowest BCUT2D eigenvalue weighted by molar-refractivity contribution is -0.122. The number of hydrogen-bond donors (Lipinski definition) is 2. The maximum atomic E-state index is 11.6. The normalized spacial score (nSPS) is 25.4. The molecule has 16 heavy (non-hydrogen) atoms. The number of hydrogen-bond acceptors (Lipinski definition) is 3. The number of nitrogens with one attached hydrogen (secondary N) is 2. The van der Waals surface area contributed by atoms with Gasteiger partial charge in [-0.2, -0.15) is 0 Å². The fraction of sp³-hybridized carbons (Fsp3) is 0.917. The third-order valence-electron chi connectivity index (χ3n) is 3.18. The summed E-state index contributed by atoms with van der Waals surface area (Å²) in [6.07, 6.45) is 3.64. The van der Waals surface area contributed by atoms with E-state index in [2.05, 4.69) is 17.6 Å². The van der Waals surface area contributed by atoms with Crippen molar-refractivity contribution in [2.24, 2.45) is 5.92 Å². The number of unbranched alkanes of at least 4 members (excludes halogenated alkanes) is 1. The minimum atomic E-state index is 0.177. The summed E-state index contributed by atoms with van der Waals surface area (Å²) in [6, 6.07) is 0.309. The molecule has 0 aromatic rings. The number of amides is 1. The van der Waals surface area contributed by atoms with Crippen LogP contribution >= 0.6 is 0 Å². The molecule has 0 aliphatic carbocycles. The van der Waals surface area contributed by atoms with Crippen LogP contribution in [0.5, 0.6) is 0 Å². The Morgan fingerprint density at radius 2 is 2.31 bits per heavy atom. The molecule has 0 aromatic heterocycles. The molecular formula is C12H24N2O2. The van der Waals surface area contributed by atoms with Crippen LogP contribution in [-0.2, 0) is 9.53 Å². The van der Waals surface area contributed by atoms with Crippen molar-refractivity contribution >= 4 is 5.91 Å². The Morgan fingerprint density at radius 1 is 1.50 bits per heavy atom. The molecule has 0 saturated carbocycles. The summed E-state index contributed by atoms with van der Waals surface area (Å²) >= 11 is 0. The first-order valence-electron chi connectivity index (χ1n) is 6.23. The van der Waals surface area contributed by atoms with E-state index in [0.717, 1.165) is 39.0 Å². The molecule has 0 spiro atoms. The van der Waals surface area contributed by atoms with E-state index >= 15 is 0 Å². The number of ether oxygens (including phenoxy) is 1. The number of carbonyl (C=O) groups is 1. The summed E-state index contributed by atoms with van der Waals surface area (Å²) < 4.78 is 4.95. The summed E-state index contributed by atoms with van der Waals surface area (Å²) in [5, 5.41) is 6.42. The van der Waals surface area contributed by atoms with Crippen molar-refractivity contribution in [1.29, 1.82) is 0 Å². The first-order valence-corrected chi connectivity index (χ1v) is 6.23. The average molecular weight is 228 g/mol. The van der Waals surface area contributed by atoms with Crippen LogP contribution in [0.1, 0.15) is 32.6 Å². The smallest absolute Gasteiger partial charge is 0.220 e. The van der Waals surface area contributed by atoms with Crippen molar-refractivity contribution < 1.29 is 9.53 Å². The van der Waals surface area contributed by atoms with Crippen molar-refractivity contribution in [1.82, 2.24) is 10.6 Å². The molecule has 1 aliphatic rings. The first kappa shape index (κ1) is 13.5. The monoisotopic (exact) mass is 228 g/mol. The molecule has 1 fully saturated rings. The van der Waals surface area contributed by atoms with Crippen LogP contribution in [0, 0.1) is 5.92 Å². The second-order valence-corrected chi connectivity index (χ2v) is 4.59. The van der Waals surface area contributed by atoms with Gasteiger partial charge in [0.05, 0.1) is 0 Å². The lowest BCUT2D eigenvalue weighted by Gasteiger charge is -2.30. The third-order valence-corrected chi connectivity index (χ3v) is 3.18. The van der Waals surface area contributed by atoms with Gasteiger partial charge in [0.2, 0.25) is 5.91 Å². The molecule has 1 heterocycles. The van der Waals surface area contributed by atoms with Crippen LogP contribution < -0.4 is 10.6 Å². The first-order chi connectivity index (χ1) is 7.74. The molecule has 2 N–H and O–H groups in total. The van der Waals surface area contributed by atoms with Crippen LogP contribution in [0.4, 0.5) is 0 Å². The van der Waals surface area contributed by atoms with Crippen molar-refractivity contribution in [3.05, 3.63) is 0 Å². The lowest BCUT2D eigenvalue weighted by atomic mass is 9.94. The van der Waals surface area contributed by atoms with Crippen LogP contribution in [0.25, 0.3) is 0 Å².